The SMILES string of the molecule is c1cc2c(cc1N1CC3(CCCC3)C1)CCN2. The van der Waals surface area contributed by atoms with Gasteiger partial charge in [0.05, 0.1) is 0 Å². The van der Waals surface area contributed by atoms with Gasteiger partial charge in [-0.3, -0.25) is 0 Å². The zero-order valence-electron chi connectivity index (χ0n) is 10.3. The molecule has 0 amide bonds. The fourth-order valence-electron chi connectivity index (χ4n) is 3.88. The van der Waals surface area contributed by atoms with E-state index in [0.717, 1.165) is 6.54 Å². The first kappa shape index (κ1) is 9.81. The predicted octanol–water partition coefficient (Wildman–Crippen LogP) is 3.04. The van der Waals surface area contributed by atoms with E-state index < -0.39 is 0 Å². The van der Waals surface area contributed by atoms with E-state index in [1.54, 1.807) is 0 Å². The standard InChI is InChI=1S/C15H20N2/c1-2-7-15(6-1)10-17(11-15)13-3-4-14-12(9-13)5-8-16-14/h3-4,9,16H,1-2,5-8,10-11H2. The molecule has 1 aliphatic carbocycles. The van der Waals surface area contributed by atoms with Crippen LogP contribution in [0.5, 0.6) is 0 Å². The van der Waals surface area contributed by atoms with E-state index in [1.807, 2.05) is 0 Å². The summed E-state index contributed by atoms with van der Waals surface area (Å²) >= 11 is 0. The topological polar surface area (TPSA) is 15.3 Å². The maximum atomic E-state index is 3.43. The Kier molecular flexibility index (Phi) is 1.97. The second kappa shape index (κ2) is 3.41. The number of nitrogens with zero attached hydrogens (tertiary/aromatic N) is 1. The van der Waals surface area contributed by atoms with Crippen LogP contribution in [0.1, 0.15) is 31.2 Å². The minimum atomic E-state index is 0.706. The van der Waals surface area contributed by atoms with Crippen molar-refractivity contribution in [1.82, 2.24) is 0 Å². The van der Waals surface area contributed by atoms with E-state index in [9.17, 15) is 0 Å². The fourth-order valence-corrected chi connectivity index (χ4v) is 3.88. The first-order chi connectivity index (χ1) is 8.35. The van der Waals surface area contributed by atoms with Gasteiger partial charge in [0.2, 0.25) is 0 Å². The van der Waals surface area contributed by atoms with Crippen LogP contribution in [0.2, 0.25) is 0 Å². The molecule has 17 heavy (non-hydrogen) atoms. The molecule has 0 bridgehead atoms. The number of rotatable bonds is 1. The van der Waals surface area contributed by atoms with Crippen LogP contribution in [0.4, 0.5) is 11.4 Å². The molecule has 2 fully saturated rings. The van der Waals surface area contributed by atoms with Gasteiger partial charge in [-0.1, -0.05) is 12.8 Å². The van der Waals surface area contributed by atoms with Gasteiger partial charge < -0.3 is 10.2 Å². The van der Waals surface area contributed by atoms with Crippen LogP contribution in [-0.2, 0) is 6.42 Å². The summed E-state index contributed by atoms with van der Waals surface area (Å²) in [4.78, 5) is 2.57. The molecule has 1 spiro atoms. The van der Waals surface area contributed by atoms with Gasteiger partial charge in [-0.2, -0.15) is 0 Å². The normalized spacial score (nSPS) is 24.6. The van der Waals surface area contributed by atoms with Gasteiger partial charge in [-0.05, 0) is 43.0 Å². The first-order valence-electron chi connectivity index (χ1n) is 6.97. The molecular formula is C15H20N2. The molecule has 0 unspecified atom stereocenters. The summed E-state index contributed by atoms with van der Waals surface area (Å²) in [5, 5.41) is 3.43. The summed E-state index contributed by atoms with van der Waals surface area (Å²) in [6.07, 6.45) is 7.05. The van der Waals surface area contributed by atoms with Crippen LogP contribution in [0.15, 0.2) is 18.2 Å². The minimum Gasteiger partial charge on any atom is -0.384 e. The van der Waals surface area contributed by atoms with Gasteiger partial charge in [-0.15, -0.1) is 0 Å². The van der Waals surface area contributed by atoms with E-state index in [4.69, 9.17) is 0 Å². The Morgan fingerprint density at radius 2 is 1.94 bits per heavy atom. The quantitative estimate of drug-likeness (QED) is 0.795. The van der Waals surface area contributed by atoms with E-state index in [2.05, 4.69) is 28.4 Å². The van der Waals surface area contributed by atoms with Crippen molar-refractivity contribution in [2.75, 3.05) is 29.9 Å². The summed E-state index contributed by atoms with van der Waals surface area (Å²) < 4.78 is 0. The van der Waals surface area contributed by atoms with Gasteiger partial charge in [0.1, 0.15) is 0 Å². The second-order valence-electron chi connectivity index (χ2n) is 6.08. The summed E-state index contributed by atoms with van der Waals surface area (Å²) in [7, 11) is 0. The number of anilines is 2. The lowest BCUT2D eigenvalue weighted by Crippen LogP contribution is -2.55. The number of hydrogen-bond donors (Lipinski definition) is 1. The predicted molar refractivity (Wildman–Crippen MR) is 71.7 cm³/mol. The van der Waals surface area contributed by atoms with Crippen LogP contribution in [-0.4, -0.2) is 19.6 Å². The van der Waals surface area contributed by atoms with Crippen LogP contribution in [0, 0.1) is 5.41 Å². The highest BCUT2D eigenvalue weighted by Crippen LogP contribution is 2.47. The van der Waals surface area contributed by atoms with Gasteiger partial charge in [0.15, 0.2) is 0 Å². The molecule has 2 aliphatic heterocycles. The van der Waals surface area contributed by atoms with Crippen molar-refractivity contribution in [3.05, 3.63) is 23.8 Å². The Bertz CT molecular complexity index is 438. The van der Waals surface area contributed by atoms with Crippen molar-refractivity contribution < 1.29 is 0 Å². The number of fused-ring (bicyclic) bond motifs is 1. The van der Waals surface area contributed by atoms with Crippen LogP contribution >= 0.6 is 0 Å². The number of benzene rings is 1. The highest BCUT2D eigenvalue weighted by Gasteiger charge is 2.44. The molecule has 1 saturated carbocycles. The van der Waals surface area contributed by atoms with Crippen LogP contribution in [0.3, 0.4) is 0 Å². The highest BCUT2D eigenvalue weighted by molar-refractivity contribution is 5.64. The third-order valence-electron chi connectivity index (χ3n) is 4.88. The smallest absolute Gasteiger partial charge is 0.0375 e. The molecule has 1 N–H and O–H groups in total. The Morgan fingerprint density at radius 1 is 1.12 bits per heavy atom. The first-order valence-corrected chi connectivity index (χ1v) is 6.97. The summed E-state index contributed by atoms with van der Waals surface area (Å²) in [5.41, 5.74) is 5.02. The zero-order valence-corrected chi connectivity index (χ0v) is 10.3. The molecule has 0 aromatic heterocycles. The average Bonchev–Trinajstić information content (AvgIpc) is 2.95. The molecule has 2 heterocycles. The maximum Gasteiger partial charge on any atom is 0.0375 e. The Labute approximate surface area is 103 Å². The van der Waals surface area contributed by atoms with E-state index in [-0.39, 0.29) is 0 Å². The molecular weight excluding hydrogens is 208 g/mol. The maximum absolute atomic E-state index is 3.43. The molecule has 0 radical (unpaired) electrons. The highest BCUT2D eigenvalue weighted by atomic mass is 15.2. The Morgan fingerprint density at radius 3 is 2.76 bits per heavy atom. The molecule has 0 atom stereocenters. The van der Waals surface area contributed by atoms with Gasteiger partial charge in [0, 0.05) is 36.4 Å². The largest absolute Gasteiger partial charge is 0.384 e. The van der Waals surface area contributed by atoms with Gasteiger partial charge in [0.25, 0.3) is 0 Å². The van der Waals surface area contributed by atoms with Crippen molar-refractivity contribution in [3.63, 3.8) is 0 Å². The molecule has 4 rings (SSSR count). The monoisotopic (exact) mass is 228 g/mol. The lowest BCUT2D eigenvalue weighted by atomic mass is 9.78. The van der Waals surface area contributed by atoms with Gasteiger partial charge in [-0.25, -0.2) is 0 Å². The molecule has 90 valence electrons. The van der Waals surface area contributed by atoms with Crippen molar-refractivity contribution in [1.29, 1.82) is 0 Å². The van der Waals surface area contributed by atoms with Crippen LogP contribution in [0.25, 0.3) is 0 Å². The van der Waals surface area contributed by atoms with Crippen molar-refractivity contribution in [2.45, 2.75) is 32.1 Å². The van der Waals surface area contributed by atoms with Crippen molar-refractivity contribution >= 4 is 11.4 Å². The fraction of sp³-hybridized carbons (Fsp3) is 0.600. The molecule has 2 heteroatoms. The molecule has 1 saturated heterocycles. The minimum absolute atomic E-state index is 0.706. The molecule has 2 nitrogen and oxygen atoms in total. The lowest BCUT2D eigenvalue weighted by Gasteiger charge is -2.50. The molecule has 1 aromatic carbocycles. The average molecular weight is 228 g/mol. The van der Waals surface area contributed by atoms with Crippen LogP contribution < -0.4 is 10.2 Å². The summed E-state index contributed by atoms with van der Waals surface area (Å²) in [6, 6.07) is 6.95. The van der Waals surface area contributed by atoms with Crippen molar-refractivity contribution in [3.8, 4) is 0 Å². The number of hydrogen-bond acceptors (Lipinski definition) is 2. The second-order valence-corrected chi connectivity index (χ2v) is 6.08. The summed E-state index contributed by atoms with van der Waals surface area (Å²) in [6.45, 7) is 3.72. The third kappa shape index (κ3) is 1.46. The summed E-state index contributed by atoms with van der Waals surface area (Å²) in [5.74, 6) is 0. The lowest BCUT2D eigenvalue weighted by molar-refractivity contribution is 0.222. The van der Waals surface area contributed by atoms with E-state index >= 15 is 0 Å². The molecule has 3 aliphatic rings. The van der Waals surface area contributed by atoms with Gasteiger partial charge >= 0.3 is 0 Å². The van der Waals surface area contributed by atoms with E-state index in [1.165, 1.54) is 62.1 Å². The molecule has 1 aromatic rings. The number of nitrogens with one attached hydrogen (secondary N) is 1. The third-order valence-corrected chi connectivity index (χ3v) is 4.88. The Balaban J connectivity index is 1.53. The Hall–Kier alpha value is -1.18. The van der Waals surface area contributed by atoms with Crippen molar-refractivity contribution in [2.24, 2.45) is 5.41 Å². The van der Waals surface area contributed by atoms with E-state index in [0.29, 0.717) is 5.41 Å². The zero-order chi connectivity index (χ0) is 11.3.